The highest BCUT2D eigenvalue weighted by molar-refractivity contribution is 5.42. The highest BCUT2D eigenvalue weighted by Gasteiger charge is 2.22. The van der Waals surface area contributed by atoms with Crippen molar-refractivity contribution < 1.29 is 9.84 Å². The third kappa shape index (κ3) is 2.51. The van der Waals surface area contributed by atoms with Crippen LogP contribution in [0.5, 0.6) is 0 Å². The molecule has 0 spiro atoms. The van der Waals surface area contributed by atoms with E-state index in [-0.39, 0.29) is 6.10 Å². The molecule has 0 aromatic carbocycles. The van der Waals surface area contributed by atoms with Gasteiger partial charge in [0.2, 0.25) is 0 Å². The van der Waals surface area contributed by atoms with Crippen molar-refractivity contribution in [1.82, 2.24) is 4.98 Å². The standard InChI is InChI=1S/C12H18N2O2/c1-8-5-10(12(13)14-7-8)11(15)6-9-3-2-4-16-9/h5,7,9,11,15H,2-4,6H2,1H3,(H2,13,14). The largest absolute Gasteiger partial charge is 0.388 e. The Morgan fingerprint density at radius 1 is 1.69 bits per heavy atom. The number of pyridine rings is 1. The van der Waals surface area contributed by atoms with Crippen LogP contribution in [0.4, 0.5) is 5.82 Å². The highest BCUT2D eigenvalue weighted by atomic mass is 16.5. The second-order valence-corrected chi connectivity index (χ2v) is 4.37. The molecule has 4 nitrogen and oxygen atoms in total. The number of ether oxygens (including phenoxy) is 1. The van der Waals surface area contributed by atoms with Crippen LogP contribution in [0.1, 0.15) is 36.5 Å². The summed E-state index contributed by atoms with van der Waals surface area (Å²) in [6.07, 6.45) is 4.01. The molecular formula is C12H18N2O2. The Morgan fingerprint density at radius 2 is 2.50 bits per heavy atom. The summed E-state index contributed by atoms with van der Waals surface area (Å²) in [6, 6.07) is 1.89. The van der Waals surface area contributed by atoms with Crippen LogP contribution < -0.4 is 5.73 Å². The lowest BCUT2D eigenvalue weighted by molar-refractivity contribution is 0.0536. The number of anilines is 1. The Hall–Kier alpha value is -1.13. The number of nitrogens with zero attached hydrogens (tertiary/aromatic N) is 1. The molecule has 3 N–H and O–H groups in total. The zero-order chi connectivity index (χ0) is 11.5. The summed E-state index contributed by atoms with van der Waals surface area (Å²) in [5.74, 6) is 0.413. The first-order valence-electron chi connectivity index (χ1n) is 5.68. The Bertz CT molecular complexity index is 362. The lowest BCUT2D eigenvalue weighted by Gasteiger charge is -2.17. The van der Waals surface area contributed by atoms with Crippen molar-refractivity contribution in [3.8, 4) is 0 Å². The van der Waals surface area contributed by atoms with Gasteiger partial charge in [0.1, 0.15) is 5.82 Å². The number of aliphatic hydroxyl groups is 1. The second-order valence-electron chi connectivity index (χ2n) is 4.37. The van der Waals surface area contributed by atoms with E-state index in [0.717, 1.165) is 30.6 Å². The van der Waals surface area contributed by atoms with Gasteiger partial charge in [-0.1, -0.05) is 0 Å². The van der Waals surface area contributed by atoms with Gasteiger partial charge in [-0.3, -0.25) is 0 Å². The minimum atomic E-state index is -0.574. The van der Waals surface area contributed by atoms with Crippen LogP contribution in [-0.4, -0.2) is 22.8 Å². The quantitative estimate of drug-likeness (QED) is 0.814. The molecule has 4 heteroatoms. The number of aryl methyl sites for hydroxylation is 1. The van der Waals surface area contributed by atoms with Crippen LogP contribution in [0.3, 0.4) is 0 Å². The van der Waals surface area contributed by atoms with E-state index in [1.54, 1.807) is 6.20 Å². The van der Waals surface area contributed by atoms with Crippen LogP contribution in [-0.2, 0) is 4.74 Å². The molecule has 1 saturated heterocycles. The zero-order valence-corrected chi connectivity index (χ0v) is 9.52. The van der Waals surface area contributed by atoms with E-state index >= 15 is 0 Å². The van der Waals surface area contributed by atoms with Gasteiger partial charge in [-0.15, -0.1) is 0 Å². The van der Waals surface area contributed by atoms with E-state index in [4.69, 9.17) is 10.5 Å². The summed E-state index contributed by atoms with van der Waals surface area (Å²) < 4.78 is 5.49. The Balaban J connectivity index is 2.07. The monoisotopic (exact) mass is 222 g/mol. The molecule has 0 aliphatic carbocycles. The number of rotatable bonds is 3. The normalized spacial score (nSPS) is 22.2. The van der Waals surface area contributed by atoms with Gasteiger partial charge in [0.05, 0.1) is 12.2 Å². The van der Waals surface area contributed by atoms with Gasteiger partial charge >= 0.3 is 0 Å². The highest BCUT2D eigenvalue weighted by Crippen LogP contribution is 2.27. The van der Waals surface area contributed by atoms with Crippen molar-refractivity contribution in [2.75, 3.05) is 12.3 Å². The molecular weight excluding hydrogens is 204 g/mol. The third-order valence-corrected chi connectivity index (χ3v) is 2.96. The molecule has 2 unspecified atom stereocenters. The van der Waals surface area contributed by atoms with Crippen LogP contribution in [0.2, 0.25) is 0 Å². The summed E-state index contributed by atoms with van der Waals surface area (Å²) in [7, 11) is 0. The fraction of sp³-hybridized carbons (Fsp3) is 0.583. The van der Waals surface area contributed by atoms with Gasteiger partial charge in [-0.2, -0.15) is 0 Å². The first-order chi connectivity index (χ1) is 7.66. The van der Waals surface area contributed by atoms with Crippen molar-refractivity contribution >= 4 is 5.82 Å². The Morgan fingerprint density at radius 3 is 3.19 bits per heavy atom. The first kappa shape index (κ1) is 11.4. The third-order valence-electron chi connectivity index (χ3n) is 2.96. The van der Waals surface area contributed by atoms with E-state index in [9.17, 15) is 5.11 Å². The minimum Gasteiger partial charge on any atom is -0.388 e. The van der Waals surface area contributed by atoms with Gasteiger partial charge in [0, 0.05) is 24.8 Å². The van der Waals surface area contributed by atoms with Crippen LogP contribution >= 0.6 is 0 Å². The Labute approximate surface area is 95.4 Å². The van der Waals surface area contributed by atoms with E-state index in [0.29, 0.717) is 12.2 Å². The summed E-state index contributed by atoms with van der Waals surface area (Å²) in [5.41, 5.74) is 7.48. The maximum absolute atomic E-state index is 10.1. The fourth-order valence-corrected chi connectivity index (χ4v) is 2.08. The van der Waals surface area contributed by atoms with E-state index < -0.39 is 6.10 Å². The maximum Gasteiger partial charge on any atom is 0.129 e. The van der Waals surface area contributed by atoms with Crippen LogP contribution in [0.15, 0.2) is 12.3 Å². The number of hydrogen-bond donors (Lipinski definition) is 2. The van der Waals surface area contributed by atoms with Crippen LogP contribution in [0, 0.1) is 6.92 Å². The molecule has 1 aromatic rings. The predicted molar refractivity (Wildman–Crippen MR) is 61.9 cm³/mol. The number of aromatic nitrogens is 1. The molecule has 2 rings (SSSR count). The van der Waals surface area contributed by atoms with Gasteiger partial charge < -0.3 is 15.6 Å². The summed E-state index contributed by atoms with van der Waals surface area (Å²) in [4.78, 5) is 4.05. The first-order valence-corrected chi connectivity index (χ1v) is 5.68. The number of nitrogens with two attached hydrogens (primary N) is 1. The molecule has 0 bridgehead atoms. The second kappa shape index (κ2) is 4.80. The summed E-state index contributed by atoms with van der Waals surface area (Å²) in [5, 5.41) is 10.1. The predicted octanol–water partition coefficient (Wildman–Crippen LogP) is 1.57. The van der Waals surface area contributed by atoms with Crippen molar-refractivity contribution in [3.63, 3.8) is 0 Å². The molecule has 0 radical (unpaired) electrons. The van der Waals surface area contributed by atoms with Crippen LogP contribution in [0.25, 0.3) is 0 Å². The van der Waals surface area contributed by atoms with Crippen molar-refractivity contribution in [1.29, 1.82) is 0 Å². The maximum atomic E-state index is 10.1. The molecule has 88 valence electrons. The summed E-state index contributed by atoms with van der Waals surface area (Å²) >= 11 is 0. The molecule has 0 amide bonds. The van der Waals surface area contributed by atoms with Gasteiger partial charge in [-0.05, 0) is 31.4 Å². The average molecular weight is 222 g/mol. The number of nitrogen functional groups attached to an aromatic ring is 1. The van der Waals surface area contributed by atoms with Gasteiger partial charge in [-0.25, -0.2) is 4.98 Å². The Kier molecular flexibility index (Phi) is 3.41. The lowest BCUT2D eigenvalue weighted by Crippen LogP contribution is -2.13. The van der Waals surface area contributed by atoms with E-state index in [2.05, 4.69) is 4.98 Å². The molecule has 2 heterocycles. The number of hydrogen-bond acceptors (Lipinski definition) is 4. The van der Waals surface area contributed by atoms with Crippen molar-refractivity contribution in [3.05, 3.63) is 23.4 Å². The molecule has 1 aromatic heterocycles. The molecule has 0 saturated carbocycles. The average Bonchev–Trinajstić information content (AvgIpc) is 2.74. The zero-order valence-electron chi connectivity index (χ0n) is 9.52. The number of aliphatic hydroxyl groups excluding tert-OH is 1. The van der Waals surface area contributed by atoms with Crippen molar-refractivity contribution in [2.24, 2.45) is 0 Å². The molecule has 2 atom stereocenters. The van der Waals surface area contributed by atoms with E-state index in [1.807, 2.05) is 13.0 Å². The van der Waals surface area contributed by atoms with Gasteiger partial charge in [0.15, 0.2) is 0 Å². The SMILES string of the molecule is Cc1cnc(N)c(C(O)CC2CCCO2)c1. The molecule has 1 aliphatic heterocycles. The minimum absolute atomic E-state index is 0.162. The van der Waals surface area contributed by atoms with E-state index in [1.165, 1.54) is 0 Å². The molecule has 1 fully saturated rings. The lowest BCUT2D eigenvalue weighted by atomic mass is 10.0. The topological polar surface area (TPSA) is 68.4 Å². The molecule has 16 heavy (non-hydrogen) atoms. The smallest absolute Gasteiger partial charge is 0.129 e. The molecule has 1 aliphatic rings. The van der Waals surface area contributed by atoms with Gasteiger partial charge in [0.25, 0.3) is 0 Å². The fourth-order valence-electron chi connectivity index (χ4n) is 2.08. The summed E-state index contributed by atoms with van der Waals surface area (Å²) in [6.45, 7) is 2.74. The van der Waals surface area contributed by atoms with Crippen molar-refractivity contribution in [2.45, 2.75) is 38.4 Å².